The number of hydrogen-bond donors (Lipinski definition) is 2. The summed E-state index contributed by atoms with van der Waals surface area (Å²) in [6.07, 6.45) is 0.970. The first kappa shape index (κ1) is 23.5. The van der Waals surface area contributed by atoms with Crippen molar-refractivity contribution in [1.82, 2.24) is 30.0 Å². The third-order valence-electron chi connectivity index (χ3n) is 6.91. The van der Waals surface area contributed by atoms with Gasteiger partial charge in [0.15, 0.2) is 0 Å². The normalized spacial score (nSPS) is 15.5. The van der Waals surface area contributed by atoms with E-state index >= 15 is 0 Å². The zero-order valence-electron chi connectivity index (χ0n) is 20.1. The second-order valence-electron chi connectivity index (χ2n) is 9.37. The van der Waals surface area contributed by atoms with Gasteiger partial charge >= 0.3 is 6.18 Å². The van der Waals surface area contributed by atoms with Crippen LogP contribution in [0.15, 0.2) is 36.5 Å². The number of alkyl halides is 3. The molecule has 3 heterocycles. The Morgan fingerprint density at radius 2 is 2.00 bits per heavy atom. The maximum atomic E-state index is 13.7. The van der Waals surface area contributed by atoms with Gasteiger partial charge in [0.2, 0.25) is 0 Å². The number of rotatable bonds is 7. The highest BCUT2D eigenvalue weighted by Gasteiger charge is 2.35. The Morgan fingerprint density at radius 1 is 1.20 bits per heavy atom. The van der Waals surface area contributed by atoms with Crippen LogP contribution in [0.4, 0.5) is 13.2 Å². The SMILES string of the molecule is CCNCc1nc(C(F)(F)F)cc2c(-c3cccc([C@H](c4nc(C)cn4C)C4CCC4)c3)n[nH]c12. The summed E-state index contributed by atoms with van der Waals surface area (Å²) in [5.41, 5.74) is 3.27. The van der Waals surface area contributed by atoms with Crippen LogP contribution in [0, 0.1) is 12.8 Å². The Balaban J connectivity index is 1.62. The number of fused-ring (bicyclic) bond motifs is 1. The first-order valence-corrected chi connectivity index (χ1v) is 12.0. The van der Waals surface area contributed by atoms with Crippen LogP contribution in [-0.2, 0) is 19.8 Å². The number of H-pyrrole nitrogens is 1. The molecule has 1 aromatic carbocycles. The van der Waals surface area contributed by atoms with E-state index in [-0.39, 0.29) is 12.5 Å². The van der Waals surface area contributed by atoms with Crippen LogP contribution in [0.25, 0.3) is 22.2 Å². The number of pyridine rings is 1. The van der Waals surface area contributed by atoms with E-state index in [9.17, 15) is 13.2 Å². The van der Waals surface area contributed by atoms with Crippen molar-refractivity contribution in [3.63, 3.8) is 0 Å². The van der Waals surface area contributed by atoms with Crippen molar-refractivity contribution in [2.24, 2.45) is 13.0 Å². The fourth-order valence-electron chi connectivity index (χ4n) is 5.03. The van der Waals surface area contributed by atoms with Crippen molar-refractivity contribution in [2.75, 3.05) is 6.54 Å². The van der Waals surface area contributed by atoms with Gasteiger partial charge in [-0.3, -0.25) is 5.10 Å². The summed E-state index contributed by atoms with van der Waals surface area (Å²) >= 11 is 0. The fraction of sp³-hybridized carbons (Fsp3) is 0.423. The van der Waals surface area contributed by atoms with E-state index in [4.69, 9.17) is 4.98 Å². The second kappa shape index (κ2) is 9.11. The lowest BCUT2D eigenvalue weighted by Gasteiger charge is -2.34. The van der Waals surface area contributed by atoms with E-state index in [0.717, 1.165) is 41.6 Å². The molecule has 1 fully saturated rings. The van der Waals surface area contributed by atoms with Crippen molar-refractivity contribution in [1.29, 1.82) is 0 Å². The summed E-state index contributed by atoms with van der Waals surface area (Å²) in [6, 6.07) is 9.10. The van der Waals surface area contributed by atoms with Crippen molar-refractivity contribution in [2.45, 2.75) is 51.7 Å². The lowest BCUT2D eigenvalue weighted by molar-refractivity contribution is -0.141. The standard InChI is InChI=1S/C26H29F3N6/c1-4-30-13-20-24-19(12-21(32-20)26(27,28)29)23(33-34-24)18-10-6-9-17(11-18)22(16-7-5-8-16)25-31-15(2)14-35(25)3/h6,9-12,14,16,22,30H,4-5,7-8,13H2,1-3H3,(H,33,34)/t22-/m1/s1. The number of aryl methyl sites for hydroxylation is 2. The smallest absolute Gasteiger partial charge is 0.337 e. The van der Waals surface area contributed by atoms with Gasteiger partial charge in [0, 0.05) is 36.7 Å². The third-order valence-corrected chi connectivity index (χ3v) is 6.91. The van der Waals surface area contributed by atoms with Crippen LogP contribution in [-0.4, -0.2) is 31.3 Å². The van der Waals surface area contributed by atoms with Gasteiger partial charge in [0.05, 0.1) is 16.9 Å². The third kappa shape index (κ3) is 4.45. The average Bonchev–Trinajstić information content (AvgIpc) is 3.36. The number of halogens is 3. The predicted molar refractivity (Wildman–Crippen MR) is 129 cm³/mol. The number of hydrogen-bond acceptors (Lipinski definition) is 4. The summed E-state index contributed by atoms with van der Waals surface area (Å²) in [6.45, 7) is 4.74. The molecule has 0 radical (unpaired) electrons. The highest BCUT2D eigenvalue weighted by molar-refractivity contribution is 5.94. The van der Waals surface area contributed by atoms with E-state index < -0.39 is 11.9 Å². The van der Waals surface area contributed by atoms with Crippen LogP contribution in [0.3, 0.4) is 0 Å². The first-order valence-electron chi connectivity index (χ1n) is 12.0. The van der Waals surface area contributed by atoms with Gasteiger partial charge in [-0.15, -0.1) is 0 Å². The average molecular weight is 483 g/mol. The van der Waals surface area contributed by atoms with E-state index in [1.165, 1.54) is 6.42 Å². The molecule has 6 nitrogen and oxygen atoms in total. The molecule has 0 unspecified atom stereocenters. The predicted octanol–water partition coefficient (Wildman–Crippen LogP) is 5.73. The molecule has 0 saturated heterocycles. The maximum Gasteiger partial charge on any atom is 0.433 e. The molecule has 9 heteroatoms. The molecule has 1 aliphatic rings. The molecule has 0 spiro atoms. The molecule has 3 aromatic heterocycles. The zero-order valence-corrected chi connectivity index (χ0v) is 20.1. The van der Waals surface area contributed by atoms with Crippen LogP contribution in [0.1, 0.15) is 60.6 Å². The highest BCUT2D eigenvalue weighted by Crippen LogP contribution is 2.44. The lowest BCUT2D eigenvalue weighted by atomic mass is 9.72. The topological polar surface area (TPSA) is 71.4 Å². The number of aromatic nitrogens is 5. The van der Waals surface area contributed by atoms with E-state index in [1.54, 1.807) is 0 Å². The van der Waals surface area contributed by atoms with E-state index in [2.05, 4.69) is 37.2 Å². The molecule has 4 aromatic rings. The monoisotopic (exact) mass is 482 g/mol. The summed E-state index contributed by atoms with van der Waals surface area (Å²) in [5.74, 6) is 1.64. The molecular formula is C26H29F3N6. The molecule has 0 bridgehead atoms. The van der Waals surface area contributed by atoms with Gasteiger partial charge in [-0.25, -0.2) is 9.97 Å². The molecule has 1 saturated carbocycles. The van der Waals surface area contributed by atoms with Crippen LogP contribution in [0.2, 0.25) is 0 Å². The van der Waals surface area contributed by atoms with E-state index in [0.29, 0.717) is 34.8 Å². The molecule has 1 atom stereocenters. The number of aromatic amines is 1. The lowest BCUT2D eigenvalue weighted by Crippen LogP contribution is -2.23. The molecule has 35 heavy (non-hydrogen) atoms. The number of benzene rings is 1. The Hall–Kier alpha value is -3.20. The number of nitrogens with zero attached hydrogens (tertiary/aromatic N) is 4. The zero-order chi connectivity index (χ0) is 24.7. The highest BCUT2D eigenvalue weighted by atomic mass is 19.4. The second-order valence-corrected chi connectivity index (χ2v) is 9.37. The molecule has 0 aliphatic heterocycles. The van der Waals surface area contributed by atoms with Crippen molar-refractivity contribution in [3.8, 4) is 11.3 Å². The minimum absolute atomic E-state index is 0.129. The quantitative estimate of drug-likeness (QED) is 0.353. The fourth-order valence-corrected chi connectivity index (χ4v) is 5.03. The Bertz CT molecular complexity index is 1350. The van der Waals surface area contributed by atoms with Gasteiger partial charge in [0.1, 0.15) is 17.2 Å². The molecule has 1 aliphatic carbocycles. The minimum Gasteiger partial charge on any atom is -0.337 e. The maximum absolute atomic E-state index is 13.7. The van der Waals surface area contributed by atoms with Crippen molar-refractivity contribution < 1.29 is 13.2 Å². The van der Waals surface area contributed by atoms with Gasteiger partial charge in [-0.1, -0.05) is 31.5 Å². The van der Waals surface area contributed by atoms with Gasteiger partial charge in [-0.2, -0.15) is 18.3 Å². The Labute approximate surface area is 202 Å². The van der Waals surface area contributed by atoms with Crippen molar-refractivity contribution >= 4 is 10.9 Å². The Morgan fingerprint density at radius 3 is 2.63 bits per heavy atom. The summed E-state index contributed by atoms with van der Waals surface area (Å²) in [4.78, 5) is 8.70. The molecule has 5 rings (SSSR count). The number of nitrogens with one attached hydrogen (secondary N) is 2. The molecule has 0 amide bonds. The number of imidazole rings is 1. The van der Waals surface area contributed by atoms with Gasteiger partial charge in [0.25, 0.3) is 0 Å². The minimum atomic E-state index is -4.54. The summed E-state index contributed by atoms with van der Waals surface area (Å²) < 4.78 is 43.1. The van der Waals surface area contributed by atoms with E-state index in [1.807, 2.05) is 39.2 Å². The molecule has 2 N–H and O–H groups in total. The van der Waals surface area contributed by atoms with Gasteiger partial charge in [-0.05, 0) is 49.9 Å². The summed E-state index contributed by atoms with van der Waals surface area (Å²) in [5, 5.41) is 10.9. The van der Waals surface area contributed by atoms with Crippen molar-refractivity contribution in [3.05, 3.63) is 65.0 Å². The van der Waals surface area contributed by atoms with Crippen LogP contribution < -0.4 is 5.32 Å². The first-order chi connectivity index (χ1) is 16.8. The van der Waals surface area contributed by atoms with Crippen LogP contribution in [0.5, 0.6) is 0 Å². The van der Waals surface area contributed by atoms with Gasteiger partial charge < -0.3 is 9.88 Å². The van der Waals surface area contributed by atoms with Crippen LogP contribution >= 0.6 is 0 Å². The Kier molecular flexibility index (Phi) is 6.13. The summed E-state index contributed by atoms with van der Waals surface area (Å²) in [7, 11) is 2.02. The largest absolute Gasteiger partial charge is 0.433 e. The molecular weight excluding hydrogens is 453 g/mol. The molecule has 184 valence electrons.